The van der Waals surface area contributed by atoms with Gasteiger partial charge in [0.1, 0.15) is 0 Å². The maximum absolute atomic E-state index is 9.93. The SMILES string of the molecule is CCCC=CCCC[O]. The molecule has 0 amide bonds. The highest BCUT2D eigenvalue weighted by Gasteiger charge is 1.78. The highest BCUT2D eigenvalue weighted by Crippen LogP contribution is 1.93. The third-order valence-electron chi connectivity index (χ3n) is 1.14. The molecule has 0 aromatic rings. The van der Waals surface area contributed by atoms with Gasteiger partial charge in [0.2, 0.25) is 0 Å². The minimum atomic E-state index is 0.0659. The van der Waals surface area contributed by atoms with Crippen LogP contribution in [-0.2, 0) is 5.11 Å². The van der Waals surface area contributed by atoms with E-state index in [2.05, 4.69) is 19.1 Å². The second-order valence-corrected chi connectivity index (χ2v) is 2.11. The average Bonchev–Trinajstić information content (AvgIpc) is 1.89. The average molecular weight is 127 g/mol. The van der Waals surface area contributed by atoms with E-state index >= 15 is 0 Å². The number of hydrogen-bond acceptors (Lipinski definition) is 0. The minimum absolute atomic E-state index is 0.0659. The van der Waals surface area contributed by atoms with E-state index in [0.29, 0.717) is 0 Å². The van der Waals surface area contributed by atoms with Crippen molar-refractivity contribution in [2.24, 2.45) is 0 Å². The summed E-state index contributed by atoms with van der Waals surface area (Å²) >= 11 is 0. The third kappa shape index (κ3) is 7.70. The predicted molar refractivity (Wildman–Crippen MR) is 38.8 cm³/mol. The van der Waals surface area contributed by atoms with Crippen molar-refractivity contribution >= 4 is 0 Å². The molecule has 0 fully saturated rings. The largest absolute Gasteiger partial charge is 0.237 e. The fraction of sp³-hybridized carbons (Fsp3) is 0.750. The summed E-state index contributed by atoms with van der Waals surface area (Å²) < 4.78 is 0. The highest BCUT2D eigenvalue weighted by molar-refractivity contribution is 4.80. The van der Waals surface area contributed by atoms with Crippen LogP contribution in [0.25, 0.3) is 0 Å². The Balaban J connectivity index is 2.86. The molecule has 0 aromatic heterocycles. The summed E-state index contributed by atoms with van der Waals surface area (Å²) in [5, 5.41) is 9.93. The van der Waals surface area contributed by atoms with Crippen molar-refractivity contribution in [3.05, 3.63) is 12.2 Å². The molecule has 9 heavy (non-hydrogen) atoms. The molecule has 0 saturated heterocycles. The first-order chi connectivity index (χ1) is 4.41. The van der Waals surface area contributed by atoms with Crippen LogP contribution in [0, 0.1) is 0 Å². The lowest BCUT2D eigenvalue weighted by atomic mass is 10.2. The van der Waals surface area contributed by atoms with E-state index in [1.54, 1.807) is 0 Å². The number of allylic oxidation sites excluding steroid dienone is 2. The van der Waals surface area contributed by atoms with Crippen LogP contribution in [0.1, 0.15) is 32.6 Å². The highest BCUT2D eigenvalue weighted by atomic mass is 16.2. The van der Waals surface area contributed by atoms with E-state index in [1.807, 2.05) is 0 Å². The quantitative estimate of drug-likeness (QED) is 0.399. The van der Waals surface area contributed by atoms with Gasteiger partial charge >= 0.3 is 0 Å². The maximum atomic E-state index is 9.93. The molecular weight excluding hydrogens is 112 g/mol. The summed E-state index contributed by atoms with van der Waals surface area (Å²) in [7, 11) is 0. The lowest BCUT2D eigenvalue weighted by molar-refractivity contribution is 0.190. The van der Waals surface area contributed by atoms with Crippen molar-refractivity contribution < 1.29 is 5.11 Å². The standard InChI is InChI=1S/C8H15O/c1-2-3-4-5-6-7-8-9/h4-5H,2-3,6-8H2,1H3. The molecule has 1 heteroatoms. The monoisotopic (exact) mass is 127 g/mol. The molecule has 0 bridgehead atoms. The normalized spacial score (nSPS) is 10.9. The van der Waals surface area contributed by atoms with Crippen LogP contribution in [0.15, 0.2) is 12.2 Å². The zero-order chi connectivity index (χ0) is 6.95. The van der Waals surface area contributed by atoms with Crippen molar-refractivity contribution in [1.82, 2.24) is 0 Å². The smallest absolute Gasteiger partial charge is 0.0825 e. The van der Waals surface area contributed by atoms with Gasteiger partial charge in [0.15, 0.2) is 0 Å². The van der Waals surface area contributed by atoms with Gasteiger partial charge in [-0.05, 0) is 19.3 Å². The summed E-state index contributed by atoms with van der Waals surface area (Å²) in [4.78, 5) is 0. The molecule has 0 unspecified atom stereocenters. The Morgan fingerprint density at radius 2 is 1.89 bits per heavy atom. The van der Waals surface area contributed by atoms with Gasteiger partial charge in [-0.25, -0.2) is 5.11 Å². The third-order valence-corrected chi connectivity index (χ3v) is 1.14. The second-order valence-electron chi connectivity index (χ2n) is 2.11. The van der Waals surface area contributed by atoms with Gasteiger partial charge in [0.05, 0.1) is 6.61 Å². The van der Waals surface area contributed by atoms with Gasteiger partial charge < -0.3 is 0 Å². The molecule has 0 N–H and O–H groups in total. The lowest BCUT2D eigenvalue weighted by Crippen LogP contribution is -1.75. The van der Waals surface area contributed by atoms with Crippen LogP contribution in [0.5, 0.6) is 0 Å². The lowest BCUT2D eigenvalue weighted by Gasteiger charge is -1.85. The van der Waals surface area contributed by atoms with Gasteiger partial charge in [-0.3, -0.25) is 0 Å². The molecule has 0 spiro atoms. The minimum Gasteiger partial charge on any atom is -0.237 e. The maximum Gasteiger partial charge on any atom is 0.0825 e. The van der Waals surface area contributed by atoms with E-state index in [-0.39, 0.29) is 6.61 Å². The van der Waals surface area contributed by atoms with Gasteiger partial charge in [-0.2, -0.15) is 0 Å². The molecular formula is C8H15O. The number of unbranched alkanes of at least 4 members (excludes halogenated alkanes) is 2. The van der Waals surface area contributed by atoms with E-state index in [0.717, 1.165) is 19.3 Å². The van der Waals surface area contributed by atoms with E-state index < -0.39 is 0 Å². The molecule has 1 radical (unpaired) electrons. The molecule has 0 atom stereocenters. The zero-order valence-electron chi connectivity index (χ0n) is 6.10. The van der Waals surface area contributed by atoms with Crippen LogP contribution in [0.3, 0.4) is 0 Å². The Morgan fingerprint density at radius 3 is 2.44 bits per heavy atom. The number of hydrogen-bond donors (Lipinski definition) is 0. The summed E-state index contributed by atoms with van der Waals surface area (Å²) in [5.41, 5.74) is 0. The zero-order valence-corrected chi connectivity index (χ0v) is 6.10. The molecule has 0 aliphatic carbocycles. The first kappa shape index (κ1) is 8.70. The fourth-order valence-electron chi connectivity index (χ4n) is 0.604. The topological polar surface area (TPSA) is 19.9 Å². The van der Waals surface area contributed by atoms with Crippen molar-refractivity contribution in [3.63, 3.8) is 0 Å². The Morgan fingerprint density at radius 1 is 1.22 bits per heavy atom. The first-order valence-electron chi connectivity index (χ1n) is 3.65. The van der Waals surface area contributed by atoms with Crippen LogP contribution in [0.2, 0.25) is 0 Å². The molecule has 1 nitrogen and oxygen atoms in total. The predicted octanol–water partition coefficient (Wildman–Crippen LogP) is 2.55. The number of rotatable bonds is 5. The van der Waals surface area contributed by atoms with E-state index in [1.165, 1.54) is 6.42 Å². The Bertz CT molecular complexity index is 67.0. The van der Waals surface area contributed by atoms with Crippen molar-refractivity contribution in [2.75, 3.05) is 6.61 Å². The Hall–Kier alpha value is -0.300. The Labute approximate surface area is 57.4 Å². The molecule has 0 aliphatic rings. The Kier molecular flexibility index (Phi) is 7.44. The van der Waals surface area contributed by atoms with Crippen molar-refractivity contribution in [2.45, 2.75) is 32.6 Å². The van der Waals surface area contributed by atoms with E-state index in [4.69, 9.17) is 0 Å². The molecule has 0 aromatic carbocycles. The second kappa shape index (κ2) is 7.70. The van der Waals surface area contributed by atoms with Gasteiger partial charge in [-0.15, -0.1) is 0 Å². The van der Waals surface area contributed by atoms with Crippen LogP contribution >= 0.6 is 0 Å². The summed E-state index contributed by atoms with van der Waals surface area (Å²) in [6, 6.07) is 0. The van der Waals surface area contributed by atoms with Gasteiger partial charge in [0.25, 0.3) is 0 Å². The van der Waals surface area contributed by atoms with Gasteiger partial charge in [-0.1, -0.05) is 25.5 Å². The fourth-order valence-corrected chi connectivity index (χ4v) is 0.604. The summed E-state index contributed by atoms with van der Waals surface area (Å²) in [5.74, 6) is 0. The molecule has 0 heterocycles. The molecule has 53 valence electrons. The molecule has 0 aliphatic heterocycles. The summed E-state index contributed by atoms with van der Waals surface area (Å²) in [6.07, 6.45) is 8.35. The van der Waals surface area contributed by atoms with Crippen LogP contribution in [-0.4, -0.2) is 6.61 Å². The van der Waals surface area contributed by atoms with Crippen LogP contribution < -0.4 is 0 Å². The van der Waals surface area contributed by atoms with Crippen LogP contribution in [0.4, 0.5) is 0 Å². The van der Waals surface area contributed by atoms with Gasteiger partial charge in [0, 0.05) is 0 Å². The van der Waals surface area contributed by atoms with Crippen molar-refractivity contribution in [1.29, 1.82) is 0 Å². The molecule has 0 saturated carbocycles. The first-order valence-corrected chi connectivity index (χ1v) is 3.65. The summed E-state index contributed by atoms with van der Waals surface area (Å²) in [6.45, 7) is 2.22. The van der Waals surface area contributed by atoms with E-state index in [9.17, 15) is 5.11 Å². The van der Waals surface area contributed by atoms with Crippen molar-refractivity contribution in [3.8, 4) is 0 Å². The molecule has 0 rings (SSSR count).